The van der Waals surface area contributed by atoms with Gasteiger partial charge < -0.3 is 5.73 Å². The van der Waals surface area contributed by atoms with Crippen LogP contribution in [0.15, 0.2) is 35.2 Å². The average Bonchev–Trinajstić information content (AvgIpc) is 2.85. The molecule has 0 radical (unpaired) electrons. The Bertz CT molecular complexity index is 464. The van der Waals surface area contributed by atoms with Crippen molar-refractivity contribution in [2.75, 3.05) is 13.6 Å². The Balaban J connectivity index is 2.10. The standard InChI is InChI=1S/C14H19N3S/c1-11-3-4-13(8-16-11)14(7-15)17(2)9-12-5-6-18-10-12/h3-6,8,10,14H,7,9,15H2,1-2H3. The SMILES string of the molecule is Cc1ccc(C(CN)N(C)Cc2ccsc2)cn1. The first-order valence-corrected chi connectivity index (χ1v) is 6.99. The Labute approximate surface area is 112 Å². The molecule has 0 aliphatic rings. The van der Waals surface area contributed by atoms with Crippen LogP contribution in [-0.2, 0) is 6.54 Å². The fourth-order valence-electron chi connectivity index (χ4n) is 2.03. The van der Waals surface area contributed by atoms with Crippen molar-refractivity contribution >= 4 is 11.3 Å². The number of hydrogen-bond donors (Lipinski definition) is 1. The second kappa shape index (κ2) is 6.09. The Kier molecular flexibility index (Phi) is 4.47. The monoisotopic (exact) mass is 261 g/mol. The Morgan fingerprint density at radius 1 is 1.39 bits per heavy atom. The molecule has 0 aromatic carbocycles. The van der Waals surface area contributed by atoms with Gasteiger partial charge in [0.15, 0.2) is 0 Å². The molecule has 2 rings (SSSR count). The Morgan fingerprint density at radius 2 is 2.22 bits per heavy atom. The molecule has 18 heavy (non-hydrogen) atoms. The van der Waals surface area contributed by atoms with Crippen LogP contribution in [0.5, 0.6) is 0 Å². The van der Waals surface area contributed by atoms with Crippen molar-refractivity contribution in [1.82, 2.24) is 9.88 Å². The van der Waals surface area contributed by atoms with Gasteiger partial charge in [0.2, 0.25) is 0 Å². The maximum atomic E-state index is 5.91. The van der Waals surface area contributed by atoms with Crippen molar-refractivity contribution in [3.05, 3.63) is 52.0 Å². The van der Waals surface area contributed by atoms with E-state index < -0.39 is 0 Å². The molecule has 0 aliphatic heterocycles. The van der Waals surface area contributed by atoms with E-state index in [9.17, 15) is 0 Å². The molecule has 0 saturated heterocycles. The minimum atomic E-state index is 0.220. The third kappa shape index (κ3) is 3.16. The van der Waals surface area contributed by atoms with Crippen molar-refractivity contribution < 1.29 is 0 Å². The van der Waals surface area contributed by atoms with E-state index in [-0.39, 0.29) is 6.04 Å². The largest absolute Gasteiger partial charge is 0.329 e. The van der Waals surface area contributed by atoms with Crippen LogP contribution in [0.2, 0.25) is 0 Å². The summed E-state index contributed by atoms with van der Waals surface area (Å²) in [6.45, 7) is 3.51. The summed E-state index contributed by atoms with van der Waals surface area (Å²) in [5, 5.41) is 4.28. The van der Waals surface area contributed by atoms with Crippen LogP contribution >= 0.6 is 11.3 Å². The van der Waals surface area contributed by atoms with Crippen molar-refractivity contribution in [2.24, 2.45) is 5.73 Å². The van der Waals surface area contributed by atoms with Crippen LogP contribution < -0.4 is 5.73 Å². The fraction of sp³-hybridized carbons (Fsp3) is 0.357. The average molecular weight is 261 g/mol. The van der Waals surface area contributed by atoms with Crippen LogP contribution in [0.3, 0.4) is 0 Å². The molecule has 4 heteroatoms. The lowest BCUT2D eigenvalue weighted by molar-refractivity contribution is 0.241. The first kappa shape index (κ1) is 13.2. The predicted molar refractivity (Wildman–Crippen MR) is 76.6 cm³/mol. The van der Waals surface area contributed by atoms with Crippen LogP contribution in [-0.4, -0.2) is 23.5 Å². The zero-order valence-corrected chi connectivity index (χ0v) is 11.7. The number of nitrogens with zero attached hydrogens (tertiary/aromatic N) is 2. The maximum absolute atomic E-state index is 5.91. The molecule has 0 amide bonds. The molecule has 3 nitrogen and oxygen atoms in total. The molecule has 96 valence electrons. The van der Waals surface area contributed by atoms with Gasteiger partial charge in [-0.05, 0) is 48.0 Å². The lowest BCUT2D eigenvalue weighted by atomic mass is 10.1. The van der Waals surface area contributed by atoms with E-state index in [1.165, 1.54) is 11.1 Å². The number of hydrogen-bond acceptors (Lipinski definition) is 4. The van der Waals surface area contributed by atoms with E-state index in [2.05, 4.69) is 39.8 Å². The first-order valence-electron chi connectivity index (χ1n) is 6.04. The van der Waals surface area contributed by atoms with Gasteiger partial charge >= 0.3 is 0 Å². The molecule has 0 aliphatic carbocycles. The van der Waals surface area contributed by atoms with Crippen molar-refractivity contribution in [3.8, 4) is 0 Å². The summed E-state index contributed by atoms with van der Waals surface area (Å²) in [6.07, 6.45) is 1.93. The van der Waals surface area contributed by atoms with Crippen molar-refractivity contribution in [2.45, 2.75) is 19.5 Å². The molecular weight excluding hydrogens is 242 g/mol. The number of aromatic nitrogens is 1. The normalized spacial score (nSPS) is 12.9. The fourth-order valence-corrected chi connectivity index (χ4v) is 2.69. The van der Waals surface area contributed by atoms with Gasteiger partial charge in [-0.3, -0.25) is 9.88 Å². The maximum Gasteiger partial charge on any atom is 0.0486 e. The number of aryl methyl sites for hydroxylation is 1. The molecule has 2 aromatic rings. The summed E-state index contributed by atoms with van der Waals surface area (Å²) in [6, 6.07) is 6.53. The lowest BCUT2D eigenvalue weighted by Gasteiger charge is -2.26. The van der Waals surface area contributed by atoms with E-state index in [0.717, 1.165) is 12.2 Å². The zero-order valence-electron chi connectivity index (χ0n) is 10.8. The van der Waals surface area contributed by atoms with Gasteiger partial charge in [0.25, 0.3) is 0 Å². The first-order chi connectivity index (χ1) is 8.70. The summed E-state index contributed by atoms with van der Waals surface area (Å²) < 4.78 is 0. The third-order valence-corrected chi connectivity index (χ3v) is 3.82. The molecule has 2 heterocycles. The van der Waals surface area contributed by atoms with Gasteiger partial charge in [-0.15, -0.1) is 0 Å². The quantitative estimate of drug-likeness (QED) is 0.899. The second-order valence-electron chi connectivity index (χ2n) is 4.53. The number of rotatable bonds is 5. The Hall–Kier alpha value is -1.23. The van der Waals surface area contributed by atoms with Crippen LogP contribution in [0.25, 0.3) is 0 Å². The van der Waals surface area contributed by atoms with Gasteiger partial charge in [0, 0.05) is 31.0 Å². The zero-order chi connectivity index (χ0) is 13.0. The van der Waals surface area contributed by atoms with E-state index in [0.29, 0.717) is 6.54 Å². The predicted octanol–water partition coefficient (Wildman–Crippen LogP) is 2.58. The molecule has 1 unspecified atom stereocenters. The molecular formula is C14H19N3S. The number of thiophene rings is 1. The minimum absolute atomic E-state index is 0.220. The molecule has 0 spiro atoms. The number of pyridine rings is 1. The van der Waals surface area contributed by atoms with Crippen molar-refractivity contribution in [3.63, 3.8) is 0 Å². The molecule has 2 aromatic heterocycles. The lowest BCUT2D eigenvalue weighted by Crippen LogP contribution is -2.30. The number of nitrogens with two attached hydrogens (primary N) is 1. The summed E-state index contributed by atoms with van der Waals surface area (Å²) in [5.74, 6) is 0. The molecule has 0 bridgehead atoms. The summed E-state index contributed by atoms with van der Waals surface area (Å²) in [4.78, 5) is 6.62. The van der Waals surface area contributed by atoms with Crippen LogP contribution in [0.1, 0.15) is 22.9 Å². The highest BCUT2D eigenvalue weighted by Crippen LogP contribution is 2.20. The van der Waals surface area contributed by atoms with Crippen molar-refractivity contribution in [1.29, 1.82) is 0 Å². The van der Waals surface area contributed by atoms with Crippen LogP contribution in [0, 0.1) is 6.92 Å². The van der Waals surface area contributed by atoms with Crippen LogP contribution in [0.4, 0.5) is 0 Å². The summed E-state index contributed by atoms with van der Waals surface area (Å²) in [5.41, 5.74) is 9.46. The van der Waals surface area contributed by atoms with E-state index in [1.54, 1.807) is 11.3 Å². The number of likely N-dealkylation sites (N-methyl/N-ethyl adjacent to an activating group) is 1. The second-order valence-corrected chi connectivity index (χ2v) is 5.31. The highest BCUT2D eigenvalue weighted by atomic mass is 32.1. The molecule has 1 atom stereocenters. The minimum Gasteiger partial charge on any atom is -0.329 e. The van der Waals surface area contributed by atoms with Gasteiger partial charge in [-0.2, -0.15) is 11.3 Å². The summed E-state index contributed by atoms with van der Waals surface area (Å²) >= 11 is 1.73. The smallest absolute Gasteiger partial charge is 0.0486 e. The van der Waals surface area contributed by atoms with E-state index in [4.69, 9.17) is 5.73 Å². The van der Waals surface area contributed by atoms with E-state index >= 15 is 0 Å². The van der Waals surface area contributed by atoms with Gasteiger partial charge in [-0.25, -0.2) is 0 Å². The van der Waals surface area contributed by atoms with Gasteiger partial charge in [0.1, 0.15) is 0 Å². The van der Waals surface area contributed by atoms with E-state index in [1.807, 2.05) is 19.2 Å². The molecule has 0 fully saturated rings. The van der Waals surface area contributed by atoms with Gasteiger partial charge in [0.05, 0.1) is 0 Å². The Morgan fingerprint density at radius 3 is 2.78 bits per heavy atom. The highest BCUT2D eigenvalue weighted by Gasteiger charge is 2.15. The third-order valence-electron chi connectivity index (χ3n) is 3.09. The van der Waals surface area contributed by atoms with Gasteiger partial charge in [-0.1, -0.05) is 6.07 Å². The molecule has 2 N–H and O–H groups in total. The molecule has 0 saturated carbocycles. The topological polar surface area (TPSA) is 42.1 Å². The highest BCUT2D eigenvalue weighted by molar-refractivity contribution is 7.07. The summed E-state index contributed by atoms with van der Waals surface area (Å²) in [7, 11) is 2.11.